The molecule has 74 heavy (non-hydrogen) atoms. The first-order valence-electron chi connectivity index (χ1n) is 28.0. The molecule has 0 radical (unpaired) electrons. The second-order valence-electron chi connectivity index (χ2n) is 19.0. The Balaban J connectivity index is 1.75. The molecular weight excluding hydrogens is 945 g/mol. The topological polar surface area (TPSA) is 214 Å². The number of aliphatic hydroxyl groups excluding tert-OH is 7. The number of carbonyl (C=O) groups excluding carboxylic acids is 1. The standard InChI is InChI=1S/C60H98O14/c1-3-5-7-9-11-13-15-17-19-20-21-22-23-24-25-26-27-28-29-31-33-35-37-39-41-43-52(62)72-49(46-69-44-42-40-38-36-34-32-30-18-16-14-12-10-8-6-4-2)47-70-59-58(68)56(66)54(64)51(74-59)48-71-60-57(67)55(65)53(63)50(45-61)73-60/h5,7,10-13,16-19,21-22,24-25,27-28,31,33,49-51,53-61,63-68H,3-4,6,8-9,14-15,20,23,26,29-30,32,34-48H2,1-2H3/b7-5-,12-10-,13-11-,18-16-,19-17-,22-21-,25-24-,28-27-,33-31-. The second-order valence-corrected chi connectivity index (χ2v) is 19.0. The van der Waals surface area contributed by atoms with Crippen molar-refractivity contribution in [1.29, 1.82) is 0 Å². The fraction of sp³-hybridized carbons (Fsp3) is 0.683. The van der Waals surface area contributed by atoms with Crippen LogP contribution in [0.15, 0.2) is 109 Å². The number of rotatable bonds is 43. The summed E-state index contributed by atoms with van der Waals surface area (Å²) in [7, 11) is 0. The van der Waals surface area contributed by atoms with Crippen molar-refractivity contribution in [3.63, 3.8) is 0 Å². The van der Waals surface area contributed by atoms with Crippen LogP contribution in [0.2, 0.25) is 0 Å². The number of ether oxygens (including phenoxy) is 6. The normalized spacial score (nSPS) is 25.6. The molecule has 2 rings (SSSR count). The SMILES string of the molecule is CC/C=C\C/C=C\C/C=C\C/C=C\C/C=C\C/C=C\C/C=C\CCCCCC(=O)OC(COCCCCCCCC/C=C\C/C=C\CCCC)COC1OC(COC2OC(CO)C(O)C(O)C2O)C(O)C(O)C1O. The van der Waals surface area contributed by atoms with Crippen LogP contribution in [0.4, 0.5) is 0 Å². The molecule has 0 aromatic rings. The van der Waals surface area contributed by atoms with Gasteiger partial charge in [-0.1, -0.05) is 168 Å². The molecule has 2 aliphatic heterocycles. The molecule has 0 bridgehead atoms. The molecule has 0 aromatic heterocycles. The minimum Gasteiger partial charge on any atom is -0.457 e. The van der Waals surface area contributed by atoms with Gasteiger partial charge in [-0.3, -0.25) is 4.79 Å². The van der Waals surface area contributed by atoms with E-state index < -0.39 is 86.7 Å². The summed E-state index contributed by atoms with van der Waals surface area (Å²) in [6, 6.07) is 0. The summed E-state index contributed by atoms with van der Waals surface area (Å²) < 4.78 is 34.3. The first-order chi connectivity index (χ1) is 36.1. The molecule has 2 saturated heterocycles. The average molecular weight is 1040 g/mol. The molecule has 2 fully saturated rings. The van der Waals surface area contributed by atoms with Gasteiger partial charge in [0, 0.05) is 13.0 Å². The van der Waals surface area contributed by atoms with Crippen molar-refractivity contribution in [3.05, 3.63) is 109 Å². The molecular formula is C60H98O14. The quantitative estimate of drug-likeness (QED) is 0.0172. The lowest BCUT2D eigenvalue weighted by molar-refractivity contribution is -0.332. The van der Waals surface area contributed by atoms with Gasteiger partial charge in [0.15, 0.2) is 12.6 Å². The van der Waals surface area contributed by atoms with Crippen LogP contribution in [0.25, 0.3) is 0 Å². The van der Waals surface area contributed by atoms with Crippen molar-refractivity contribution in [1.82, 2.24) is 0 Å². The third-order valence-corrected chi connectivity index (χ3v) is 12.5. The largest absolute Gasteiger partial charge is 0.457 e. The van der Waals surface area contributed by atoms with E-state index in [9.17, 15) is 40.5 Å². The Labute approximate surface area is 444 Å². The van der Waals surface area contributed by atoms with E-state index in [0.29, 0.717) is 13.0 Å². The van der Waals surface area contributed by atoms with E-state index >= 15 is 0 Å². The summed E-state index contributed by atoms with van der Waals surface area (Å²) in [5.74, 6) is -0.417. The van der Waals surface area contributed by atoms with Crippen LogP contribution in [-0.4, -0.2) is 142 Å². The van der Waals surface area contributed by atoms with Gasteiger partial charge in [0.1, 0.15) is 54.9 Å². The number of aliphatic hydroxyl groups is 7. The Hall–Kier alpha value is -3.35. The van der Waals surface area contributed by atoms with E-state index in [2.05, 4.69) is 123 Å². The lowest BCUT2D eigenvalue weighted by atomic mass is 9.98. The molecule has 0 aromatic carbocycles. The van der Waals surface area contributed by atoms with E-state index in [1.165, 1.54) is 25.7 Å². The zero-order valence-corrected chi connectivity index (χ0v) is 45.0. The van der Waals surface area contributed by atoms with Gasteiger partial charge in [-0.25, -0.2) is 0 Å². The first-order valence-corrected chi connectivity index (χ1v) is 28.0. The van der Waals surface area contributed by atoms with Gasteiger partial charge in [-0.05, 0) is 96.3 Å². The predicted octanol–water partition coefficient (Wildman–Crippen LogP) is 9.57. The van der Waals surface area contributed by atoms with Crippen molar-refractivity contribution in [2.24, 2.45) is 0 Å². The zero-order chi connectivity index (χ0) is 53.7. The second kappa shape index (κ2) is 45.8. The van der Waals surface area contributed by atoms with E-state index in [0.717, 1.165) is 109 Å². The van der Waals surface area contributed by atoms with Crippen molar-refractivity contribution >= 4 is 5.97 Å². The molecule has 11 atom stereocenters. The molecule has 7 N–H and O–H groups in total. The van der Waals surface area contributed by atoms with Crippen molar-refractivity contribution in [2.45, 2.75) is 229 Å². The molecule has 0 aliphatic carbocycles. The molecule has 2 aliphatic rings. The van der Waals surface area contributed by atoms with Gasteiger partial charge in [-0.15, -0.1) is 0 Å². The van der Waals surface area contributed by atoms with Crippen molar-refractivity contribution in [3.8, 4) is 0 Å². The average Bonchev–Trinajstić information content (AvgIpc) is 3.40. The summed E-state index contributed by atoms with van der Waals surface area (Å²) in [5, 5.41) is 72.3. The van der Waals surface area contributed by atoms with Crippen LogP contribution in [0.5, 0.6) is 0 Å². The summed E-state index contributed by atoms with van der Waals surface area (Å²) in [4.78, 5) is 13.1. The number of hydrogen-bond donors (Lipinski definition) is 7. The minimum absolute atomic E-state index is 0.0328. The van der Waals surface area contributed by atoms with Gasteiger partial charge in [0.05, 0.1) is 26.4 Å². The highest BCUT2D eigenvalue weighted by Gasteiger charge is 2.47. The zero-order valence-electron chi connectivity index (χ0n) is 45.0. The maximum Gasteiger partial charge on any atom is 0.306 e. The van der Waals surface area contributed by atoms with Crippen LogP contribution in [0, 0.1) is 0 Å². The van der Waals surface area contributed by atoms with Crippen LogP contribution in [0.3, 0.4) is 0 Å². The van der Waals surface area contributed by atoms with Gasteiger partial charge in [0.2, 0.25) is 0 Å². The third kappa shape index (κ3) is 32.3. The Morgan fingerprint density at radius 3 is 1.38 bits per heavy atom. The summed E-state index contributed by atoms with van der Waals surface area (Å²) >= 11 is 0. The minimum atomic E-state index is -1.72. The highest BCUT2D eigenvalue weighted by Crippen LogP contribution is 2.26. The molecule has 14 nitrogen and oxygen atoms in total. The molecule has 422 valence electrons. The van der Waals surface area contributed by atoms with E-state index in [4.69, 9.17) is 28.4 Å². The fourth-order valence-corrected chi connectivity index (χ4v) is 7.99. The Bertz CT molecular complexity index is 1630. The maximum atomic E-state index is 13.1. The Kier molecular flexibility index (Phi) is 41.3. The lowest BCUT2D eigenvalue weighted by Gasteiger charge is -2.42. The third-order valence-electron chi connectivity index (χ3n) is 12.5. The van der Waals surface area contributed by atoms with Crippen LogP contribution < -0.4 is 0 Å². The summed E-state index contributed by atoms with van der Waals surface area (Å²) in [6.45, 7) is 3.44. The lowest BCUT2D eigenvalue weighted by Crippen LogP contribution is -2.61. The molecule has 2 heterocycles. The molecule has 14 heteroatoms. The number of unbranched alkanes of at least 4 members (excludes halogenated alkanes) is 11. The monoisotopic (exact) mass is 1040 g/mol. The highest BCUT2D eigenvalue weighted by atomic mass is 16.7. The fourth-order valence-electron chi connectivity index (χ4n) is 7.99. The van der Waals surface area contributed by atoms with Gasteiger partial charge < -0.3 is 64.2 Å². The number of allylic oxidation sites excluding steroid dienone is 18. The predicted molar refractivity (Wildman–Crippen MR) is 293 cm³/mol. The molecule has 11 unspecified atom stereocenters. The van der Waals surface area contributed by atoms with Crippen LogP contribution in [0.1, 0.15) is 162 Å². The highest BCUT2D eigenvalue weighted by molar-refractivity contribution is 5.69. The van der Waals surface area contributed by atoms with Gasteiger partial charge >= 0.3 is 5.97 Å². The van der Waals surface area contributed by atoms with E-state index in [1.807, 2.05) is 0 Å². The molecule has 0 amide bonds. The maximum absolute atomic E-state index is 13.1. The van der Waals surface area contributed by atoms with Crippen molar-refractivity contribution < 1.29 is 69.0 Å². The van der Waals surface area contributed by atoms with E-state index in [1.54, 1.807) is 0 Å². The smallest absolute Gasteiger partial charge is 0.306 e. The number of esters is 1. The number of carbonyl (C=O) groups is 1. The summed E-state index contributed by atoms with van der Waals surface area (Å²) in [6.07, 6.45) is 45.7. The Morgan fingerprint density at radius 1 is 0.459 bits per heavy atom. The summed E-state index contributed by atoms with van der Waals surface area (Å²) in [5.41, 5.74) is 0. The van der Waals surface area contributed by atoms with Gasteiger partial charge in [0.25, 0.3) is 0 Å². The molecule has 0 spiro atoms. The van der Waals surface area contributed by atoms with Gasteiger partial charge in [-0.2, -0.15) is 0 Å². The van der Waals surface area contributed by atoms with Crippen molar-refractivity contribution in [2.75, 3.05) is 33.0 Å². The number of hydrogen-bond acceptors (Lipinski definition) is 14. The Morgan fingerprint density at radius 2 is 0.878 bits per heavy atom. The van der Waals surface area contributed by atoms with Crippen LogP contribution >= 0.6 is 0 Å². The molecule has 0 saturated carbocycles. The van der Waals surface area contributed by atoms with Crippen LogP contribution in [-0.2, 0) is 33.2 Å². The first kappa shape index (κ1) is 66.8. The van der Waals surface area contributed by atoms with E-state index in [-0.39, 0.29) is 19.6 Å².